The molecule has 0 aliphatic heterocycles. The normalized spacial score (nSPS) is 11.0. The number of aryl methyl sites for hydroxylation is 1. The van der Waals surface area contributed by atoms with E-state index >= 15 is 0 Å². The van der Waals surface area contributed by atoms with Crippen LogP contribution in [-0.2, 0) is 21.1 Å². The van der Waals surface area contributed by atoms with Gasteiger partial charge in [0.05, 0.1) is 11.4 Å². The lowest BCUT2D eigenvalue weighted by Gasteiger charge is -2.08. The van der Waals surface area contributed by atoms with Gasteiger partial charge in [-0.3, -0.25) is 9.78 Å². The van der Waals surface area contributed by atoms with Gasteiger partial charge in [0.15, 0.2) is 9.84 Å². The molecule has 0 spiro atoms. The minimum atomic E-state index is -3.20. The predicted molar refractivity (Wildman–Crippen MR) is 90.6 cm³/mol. The number of carbonyl (C=O) groups excluding carboxylic acids is 1. The fourth-order valence-corrected chi connectivity index (χ4v) is 2.65. The van der Waals surface area contributed by atoms with Gasteiger partial charge >= 0.3 is 0 Å². The van der Waals surface area contributed by atoms with Gasteiger partial charge in [-0.1, -0.05) is 6.07 Å². The van der Waals surface area contributed by atoms with Crippen LogP contribution >= 0.6 is 0 Å². The summed E-state index contributed by atoms with van der Waals surface area (Å²) in [7, 11) is -3.20. The number of rotatable bonds is 8. The van der Waals surface area contributed by atoms with Gasteiger partial charge in [0, 0.05) is 24.6 Å². The highest BCUT2D eigenvalue weighted by Gasteiger charge is 2.06. The average molecular weight is 348 g/mol. The maximum Gasteiger partial charge on any atom is 0.220 e. The number of hydrogen-bond donors (Lipinski definition) is 1. The highest BCUT2D eigenvalue weighted by atomic mass is 32.2. The summed E-state index contributed by atoms with van der Waals surface area (Å²) in [6.45, 7) is 0.697. The number of nitrogens with zero attached hydrogens (tertiary/aromatic N) is 1. The molecule has 1 aromatic carbocycles. The van der Waals surface area contributed by atoms with Gasteiger partial charge in [-0.2, -0.15) is 0 Å². The van der Waals surface area contributed by atoms with Gasteiger partial charge in [-0.15, -0.1) is 0 Å². The zero-order valence-corrected chi connectivity index (χ0v) is 14.3. The standard InChI is InChI=1S/C17H20N2O4S/c1-24(21,22)16-8-6-15(7-9-16)23-13-12-19-17(20)10-5-14-4-2-3-11-18-14/h2-4,6-9,11H,5,10,12-13H2,1H3,(H,19,20). The van der Waals surface area contributed by atoms with Crippen LogP contribution < -0.4 is 10.1 Å². The summed E-state index contributed by atoms with van der Waals surface area (Å²) in [5.41, 5.74) is 0.884. The SMILES string of the molecule is CS(=O)(=O)c1ccc(OCCNC(=O)CCc2ccccn2)cc1. The van der Waals surface area contributed by atoms with E-state index in [2.05, 4.69) is 10.3 Å². The van der Waals surface area contributed by atoms with Crippen LogP contribution in [0.4, 0.5) is 0 Å². The molecule has 0 aliphatic rings. The molecule has 0 fully saturated rings. The second-order valence-electron chi connectivity index (χ2n) is 5.26. The van der Waals surface area contributed by atoms with Gasteiger partial charge in [-0.25, -0.2) is 8.42 Å². The molecule has 0 atom stereocenters. The molecule has 0 unspecified atom stereocenters. The van der Waals surface area contributed by atoms with Gasteiger partial charge in [0.2, 0.25) is 5.91 Å². The lowest BCUT2D eigenvalue weighted by atomic mass is 10.2. The summed E-state index contributed by atoms with van der Waals surface area (Å²) in [5, 5.41) is 2.77. The zero-order chi connectivity index (χ0) is 17.4. The molecular formula is C17H20N2O4S. The van der Waals surface area contributed by atoms with E-state index in [-0.39, 0.29) is 10.8 Å². The van der Waals surface area contributed by atoms with Crippen LogP contribution in [0.15, 0.2) is 53.6 Å². The van der Waals surface area contributed by atoms with Crippen molar-refractivity contribution in [2.75, 3.05) is 19.4 Å². The number of carbonyl (C=O) groups is 1. The van der Waals surface area contributed by atoms with Crippen LogP contribution in [0.25, 0.3) is 0 Å². The molecular weight excluding hydrogens is 328 g/mol. The molecule has 24 heavy (non-hydrogen) atoms. The van der Waals surface area contributed by atoms with E-state index in [9.17, 15) is 13.2 Å². The fourth-order valence-electron chi connectivity index (χ4n) is 2.02. The summed E-state index contributed by atoms with van der Waals surface area (Å²) in [6.07, 6.45) is 3.83. The number of nitrogens with one attached hydrogen (secondary N) is 1. The van der Waals surface area contributed by atoms with Crippen molar-refractivity contribution in [3.05, 3.63) is 54.4 Å². The van der Waals surface area contributed by atoms with Crippen molar-refractivity contribution >= 4 is 15.7 Å². The minimum absolute atomic E-state index is 0.0586. The van der Waals surface area contributed by atoms with Crippen molar-refractivity contribution in [2.45, 2.75) is 17.7 Å². The number of ether oxygens (including phenoxy) is 1. The Balaban J connectivity index is 1.66. The van der Waals surface area contributed by atoms with Crippen molar-refractivity contribution in [1.82, 2.24) is 10.3 Å². The summed E-state index contributed by atoms with van der Waals surface area (Å²) in [6, 6.07) is 11.8. The molecule has 0 saturated heterocycles. The zero-order valence-electron chi connectivity index (χ0n) is 13.4. The average Bonchev–Trinajstić information content (AvgIpc) is 2.57. The van der Waals surface area contributed by atoms with Crippen molar-refractivity contribution in [3.63, 3.8) is 0 Å². The van der Waals surface area contributed by atoms with Crippen molar-refractivity contribution in [3.8, 4) is 5.75 Å². The van der Waals surface area contributed by atoms with Crippen LogP contribution in [0.1, 0.15) is 12.1 Å². The third-order valence-corrected chi connectivity index (χ3v) is 4.41. The molecule has 128 valence electrons. The van der Waals surface area contributed by atoms with Crippen LogP contribution in [0.3, 0.4) is 0 Å². The molecule has 0 saturated carbocycles. The molecule has 1 heterocycles. The molecule has 6 nitrogen and oxygen atoms in total. The Morgan fingerprint density at radius 3 is 2.54 bits per heavy atom. The Hall–Kier alpha value is -2.41. The van der Waals surface area contributed by atoms with Crippen LogP contribution in [-0.4, -0.2) is 38.7 Å². The highest BCUT2D eigenvalue weighted by Crippen LogP contribution is 2.15. The summed E-state index contributed by atoms with van der Waals surface area (Å²) in [4.78, 5) is 16.1. The molecule has 1 N–H and O–H groups in total. The van der Waals surface area contributed by atoms with E-state index in [1.165, 1.54) is 12.1 Å². The third-order valence-electron chi connectivity index (χ3n) is 3.28. The first-order valence-electron chi connectivity index (χ1n) is 7.55. The van der Waals surface area contributed by atoms with E-state index in [0.29, 0.717) is 31.7 Å². The predicted octanol–water partition coefficient (Wildman–Crippen LogP) is 1.61. The number of benzene rings is 1. The van der Waals surface area contributed by atoms with E-state index in [0.717, 1.165) is 11.9 Å². The second-order valence-corrected chi connectivity index (χ2v) is 7.28. The Labute approximate surface area is 141 Å². The molecule has 7 heteroatoms. The van der Waals surface area contributed by atoms with Crippen molar-refractivity contribution in [1.29, 1.82) is 0 Å². The van der Waals surface area contributed by atoms with Gasteiger partial charge in [0.1, 0.15) is 12.4 Å². The number of amides is 1. The van der Waals surface area contributed by atoms with Crippen molar-refractivity contribution < 1.29 is 17.9 Å². The number of aromatic nitrogens is 1. The largest absolute Gasteiger partial charge is 0.492 e. The van der Waals surface area contributed by atoms with Crippen LogP contribution in [0, 0.1) is 0 Å². The van der Waals surface area contributed by atoms with Gasteiger partial charge in [-0.05, 0) is 42.8 Å². The fraction of sp³-hybridized carbons (Fsp3) is 0.294. The Morgan fingerprint density at radius 2 is 1.92 bits per heavy atom. The van der Waals surface area contributed by atoms with E-state index < -0.39 is 9.84 Å². The van der Waals surface area contributed by atoms with Crippen LogP contribution in [0.2, 0.25) is 0 Å². The smallest absolute Gasteiger partial charge is 0.220 e. The maximum atomic E-state index is 11.7. The second kappa shape index (κ2) is 8.44. The molecule has 2 aromatic rings. The molecule has 0 aliphatic carbocycles. The lowest BCUT2D eigenvalue weighted by molar-refractivity contribution is -0.121. The number of pyridine rings is 1. The van der Waals surface area contributed by atoms with Crippen molar-refractivity contribution in [2.24, 2.45) is 0 Å². The Morgan fingerprint density at radius 1 is 1.17 bits per heavy atom. The van der Waals surface area contributed by atoms with Crippen LogP contribution in [0.5, 0.6) is 5.75 Å². The lowest BCUT2D eigenvalue weighted by Crippen LogP contribution is -2.28. The summed E-state index contributed by atoms with van der Waals surface area (Å²) < 4.78 is 28.2. The van der Waals surface area contributed by atoms with E-state index in [4.69, 9.17) is 4.74 Å². The third kappa shape index (κ3) is 6.00. The van der Waals surface area contributed by atoms with Gasteiger partial charge in [0.25, 0.3) is 0 Å². The number of sulfone groups is 1. The van der Waals surface area contributed by atoms with Gasteiger partial charge < -0.3 is 10.1 Å². The molecule has 1 amide bonds. The minimum Gasteiger partial charge on any atom is -0.492 e. The summed E-state index contributed by atoms with van der Waals surface area (Å²) in [5.74, 6) is 0.502. The Bertz CT molecular complexity index is 759. The number of hydrogen-bond acceptors (Lipinski definition) is 5. The maximum absolute atomic E-state index is 11.7. The molecule has 2 rings (SSSR count). The first kappa shape index (κ1) is 17.9. The quantitative estimate of drug-likeness (QED) is 0.733. The first-order valence-corrected chi connectivity index (χ1v) is 9.44. The molecule has 0 bridgehead atoms. The summed E-state index contributed by atoms with van der Waals surface area (Å²) >= 11 is 0. The van der Waals surface area contributed by atoms with E-state index in [1.54, 1.807) is 18.3 Å². The van der Waals surface area contributed by atoms with E-state index in [1.807, 2.05) is 18.2 Å². The Kier molecular flexibility index (Phi) is 6.31. The first-order chi connectivity index (χ1) is 11.4. The molecule has 0 radical (unpaired) electrons. The molecule has 1 aromatic heterocycles. The highest BCUT2D eigenvalue weighted by molar-refractivity contribution is 7.90. The topological polar surface area (TPSA) is 85.4 Å². The monoisotopic (exact) mass is 348 g/mol.